The van der Waals surface area contributed by atoms with Crippen molar-refractivity contribution in [2.75, 3.05) is 13.2 Å². The number of hydrogen-bond acceptors (Lipinski definition) is 5. The molecule has 1 aliphatic carbocycles. The Hall–Kier alpha value is -1.72. The van der Waals surface area contributed by atoms with Gasteiger partial charge in [0.05, 0.1) is 6.54 Å². The van der Waals surface area contributed by atoms with Gasteiger partial charge in [-0.05, 0) is 36.8 Å². The van der Waals surface area contributed by atoms with Crippen LogP contribution in [0.2, 0.25) is 0 Å². The lowest BCUT2D eigenvalue weighted by molar-refractivity contribution is 0.147. The van der Waals surface area contributed by atoms with Gasteiger partial charge in [-0.15, -0.1) is 0 Å². The van der Waals surface area contributed by atoms with Crippen LogP contribution in [0, 0.1) is 0 Å². The van der Waals surface area contributed by atoms with Gasteiger partial charge in [0.2, 0.25) is 5.89 Å². The Morgan fingerprint density at radius 3 is 2.92 bits per heavy atom. The van der Waals surface area contributed by atoms with Crippen molar-refractivity contribution in [2.24, 2.45) is 0 Å². The Balaban J connectivity index is 1.81. The SMILES string of the molecule is CC(C)c1nc(CN(CCCO)C2CCCc3ccccc32)no1. The third kappa shape index (κ3) is 3.84. The standard InChI is InChI=1S/C19H27N3O2/c1-14(2)19-20-18(21-24-19)13-22(11-6-12-23)17-10-5-8-15-7-3-4-9-16(15)17/h3-4,7,9,14,17,23H,5-6,8,10-13H2,1-2H3. The number of benzene rings is 1. The molecule has 1 aromatic carbocycles. The van der Waals surface area contributed by atoms with E-state index < -0.39 is 0 Å². The summed E-state index contributed by atoms with van der Waals surface area (Å²) in [6.45, 7) is 5.81. The minimum atomic E-state index is 0.203. The summed E-state index contributed by atoms with van der Waals surface area (Å²) in [4.78, 5) is 6.92. The number of nitrogens with zero attached hydrogens (tertiary/aromatic N) is 3. The minimum absolute atomic E-state index is 0.203. The number of fused-ring (bicyclic) bond motifs is 1. The maximum Gasteiger partial charge on any atom is 0.229 e. The zero-order valence-corrected chi connectivity index (χ0v) is 14.6. The zero-order chi connectivity index (χ0) is 16.9. The smallest absolute Gasteiger partial charge is 0.229 e. The summed E-state index contributed by atoms with van der Waals surface area (Å²) in [5, 5.41) is 13.4. The average molecular weight is 329 g/mol. The quantitative estimate of drug-likeness (QED) is 0.843. The van der Waals surface area contributed by atoms with Crippen LogP contribution in [0.1, 0.15) is 67.9 Å². The minimum Gasteiger partial charge on any atom is -0.396 e. The molecule has 130 valence electrons. The second-order valence-corrected chi connectivity index (χ2v) is 6.86. The van der Waals surface area contributed by atoms with E-state index in [-0.39, 0.29) is 12.5 Å². The number of aliphatic hydroxyl groups excluding tert-OH is 1. The first-order chi connectivity index (χ1) is 11.7. The van der Waals surface area contributed by atoms with Crippen molar-refractivity contribution in [3.05, 3.63) is 47.1 Å². The van der Waals surface area contributed by atoms with Crippen LogP contribution in [-0.2, 0) is 13.0 Å². The predicted octanol–water partition coefficient (Wildman–Crippen LogP) is 3.46. The molecule has 1 unspecified atom stereocenters. The maximum atomic E-state index is 9.28. The molecule has 1 atom stereocenters. The third-order valence-electron chi connectivity index (χ3n) is 4.70. The fourth-order valence-corrected chi connectivity index (χ4v) is 3.47. The summed E-state index contributed by atoms with van der Waals surface area (Å²) in [7, 11) is 0. The van der Waals surface area contributed by atoms with Gasteiger partial charge >= 0.3 is 0 Å². The molecule has 5 nitrogen and oxygen atoms in total. The van der Waals surface area contributed by atoms with Crippen LogP contribution in [0.5, 0.6) is 0 Å². The Labute approximate surface area is 143 Å². The Morgan fingerprint density at radius 1 is 1.33 bits per heavy atom. The molecule has 0 fully saturated rings. The van der Waals surface area contributed by atoms with E-state index in [4.69, 9.17) is 4.52 Å². The molecular formula is C19H27N3O2. The summed E-state index contributed by atoms with van der Waals surface area (Å²) in [5.41, 5.74) is 2.85. The van der Waals surface area contributed by atoms with Crippen LogP contribution in [0.15, 0.2) is 28.8 Å². The summed E-state index contributed by atoms with van der Waals surface area (Å²) in [5.74, 6) is 1.67. The molecule has 1 aromatic heterocycles. The highest BCUT2D eigenvalue weighted by Crippen LogP contribution is 2.35. The molecule has 0 saturated carbocycles. The van der Waals surface area contributed by atoms with Crippen LogP contribution in [-0.4, -0.2) is 33.3 Å². The van der Waals surface area contributed by atoms with Crippen molar-refractivity contribution in [3.63, 3.8) is 0 Å². The van der Waals surface area contributed by atoms with Crippen molar-refractivity contribution in [3.8, 4) is 0 Å². The molecule has 24 heavy (non-hydrogen) atoms. The molecule has 1 N–H and O–H groups in total. The summed E-state index contributed by atoms with van der Waals surface area (Å²) in [6, 6.07) is 9.07. The molecular weight excluding hydrogens is 302 g/mol. The summed E-state index contributed by atoms with van der Waals surface area (Å²) < 4.78 is 5.35. The van der Waals surface area contributed by atoms with Crippen molar-refractivity contribution in [1.29, 1.82) is 0 Å². The van der Waals surface area contributed by atoms with E-state index in [0.717, 1.165) is 31.6 Å². The lowest BCUT2D eigenvalue weighted by atomic mass is 9.86. The molecule has 0 amide bonds. The van der Waals surface area contributed by atoms with Crippen LogP contribution < -0.4 is 0 Å². The largest absolute Gasteiger partial charge is 0.396 e. The van der Waals surface area contributed by atoms with E-state index in [9.17, 15) is 5.11 Å². The number of aliphatic hydroxyl groups is 1. The van der Waals surface area contributed by atoms with E-state index in [0.29, 0.717) is 18.5 Å². The number of rotatable bonds is 7. The lowest BCUT2D eigenvalue weighted by Crippen LogP contribution is -2.32. The van der Waals surface area contributed by atoms with Gasteiger partial charge in [-0.2, -0.15) is 4.98 Å². The van der Waals surface area contributed by atoms with Crippen molar-refractivity contribution < 1.29 is 9.63 Å². The molecule has 5 heteroatoms. The maximum absolute atomic E-state index is 9.28. The van der Waals surface area contributed by atoms with Gasteiger partial charge < -0.3 is 9.63 Å². The van der Waals surface area contributed by atoms with E-state index in [1.807, 2.05) is 0 Å². The van der Waals surface area contributed by atoms with Gasteiger partial charge in [0, 0.05) is 25.1 Å². The zero-order valence-electron chi connectivity index (χ0n) is 14.6. The second kappa shape index (κ2) is 7.90. The number of aromatic nitrogens is 2. The van der Waals surface area contributed by atoms with Crippen LogP contribution >= 0.6 is 0 Å². The van der Waals surface area contributed by atoms with Crippen molar-refractivity contribution >= 4 is 0 Å². The van der Waals surface area contributed by atoms with E-state index in [2.05, 4.69) is 53.2 Å². The van der Waals surface area contributed by atoms with Gasteiger partial charge in [-0.3, -0.25) is 4.90 Å². The first kappa shape index (κ1) is 17.1. The topological polar surface area (TPSA) is 62.4 Å². The molecule has 2 aromatic rings. The monoisotopic (exact) mass is 329 g/mol. The van der Waals surface area contributed by atoms with E-state index in [1.54, 1.807) is 0 Å². The van der Waals surface area contributed by atoms with Crippen LogP contribution in [0.25, 0.3) is 0 Å². The first-order valence-corrected chi connectivity index (χ1v) is 8.94. The van der Waals surface area contributed by atoms with Crippen LogP contribution in [0.4, 0.5) is 0 Å². The molecule has 0 aliphatic heterocycles. The second-order valence-electron chi connectivity index (χ2n) is 6.86. The molecule has 1 heterocycles. The first-order valence-electron chi connectivity index (χ1n) is 8.94. The fourth-order valence-electron chi connectivity index (χ4n) is 3.47. The molecule has 0 bridgehead atoms. The highest BCUT2D eigenvalue weighted by molar-refractivity contribution is 5.32. The molecule has 0 saturated heterocycles. The van der Waals surface area contributed by atoms with Crippen LogP contribution in [0.3, 0.4) is 0 Å². The highest BCUT2D eigenvalue weighted by atomic mass is 16.5. The Bertz CT molecular complexity index is 654. The third-order valence-corrected chi connectivity index (χ3v) is 4.70. The van der Waals surface area contributed by atoms with E-state index in [1.165, 1.54) is 17.5 Å². The average Bonchev–Trinajstić information content (AvgIpc) is 3.07. The van der Waals surface area contributed by atoms with E-state index >= 15 is 0 Å². The molecule has 0 radical (unpaired) electrons. The normalized spacial score (nSPS) is 17.5. The van der Waals surface area contributed by atoms with Gasteiger partial charge in [0.15, 0.2) is 5.82 Å². The lowest BCUT2D eigenvalue weighted by Gasteiger charge is -2.35. The molecule has 0 spiro atoms. The predicted molar refractivity (Wildman–Crippen MR) is 92.6 cm³/mol. The summed E-state index contributed by atoms with van der Waals surface area (Å²) >= 11 is 0. The van der Waals surface area contributed by atoms with Crippen molar-refractivity contribution in [2.45, 2.75) is 58.0 Å². The van der Waals surface area contributed by atoms with Gasteiger partial charge in [-0.25, -0.2) is 0 Å². The van der Waals surface area contributed by atoms with Gasteiger partial charge in [-0.1, -0.05) is 43.3 Å². The highest BCUT2D eigenvalue weighted by Gasteiger charge is 2.26. The molecule has 1 aliphatic rings. The Kier molecular flexibility index (Phi) is 5.63. The summed E-state index contributed by atoms with van der Waals surface area (Å²) in [6.07, 6.45) is 4.24. The van der Waals surface area contributed by atoms with Crippen molar-refractivity contribution in [1.82, 2.24) is 15.0 Å². The number of aryl methyl sites for hydroxylation is 1. The van der Waals surface area contributed by atoms with Gasteiger partial charge in [0.25, 0.3) is 0 Å². The number of hydrogen-bond donors (Lipinski definition) is 1. The van der Waals surface area contributed by atoms with Gasteiger partial charge in [0.1, 0.15) is 0 Å². The Morgan fingerprint density at radius 2 is 2.17 bits per heavy atom. The fraction of sp³-hybridized carbons (Fsp3) is 0.579. The molecule has 3 rings (SSSR count).